The molecule has 0 aliphatic carbocycles. The van der Waals surface area contributed by atoms with Gasteiger partial charge in [0.05, 0.1) is 12.7 Å². The normalized spacial score (nSPS) is 10.4. The first-order valence-corrected chi connectivity index (χ1v) is 7.76. The summed E-state index contributed by atoms with van der Waals surface area (Å²) in [5, 5.41) is 11.4. The minimum atomic E-state index is -0.438. The van der Waals surface area contributed by atoms with Crippen molar-refractivity contribution in [2.45, 2.75) is 13.5 Å². The summed E-state index contributed by atoms with van der Waals surface area (Å²) >= 11 is 3.36. The lowest BCUT2D eigenvalue weighted by Crippen LogP contribution is -2.24. The summed E-state index contributed by atoms with van der Waals surface area (Å²) in [6.07, 6.45) is 1.43. The number of pyridine rings is 1. The second-order valence-electron chi connectivity index (χ2n) is 4.64. The minimum absolute atomic E-state index is 0.165. The van der Waals surface area contributed by atoms with Gasteiger partial charge in [0.25, 0.3) is 0 Å². The molecule has 0 radical (unpaired) electrons. The zero-order valence-electron chi connectivity index (χ0n) is 12.8. The van der Waals surface area contributed by atoms with Crippen LogP contribution in [0.5, 0.6) is 5.75 Å². The number of methoxy groups -OCH3 is 1. The maximum atomic E-state index is 11.4. The van der Waals surface area contributed by atoms with Crippen LogP contribution in [0.25, 0.3) is 0 Å². The van der Waals surface area contributed by atoms with Gasteiger partial charge < -0.3 is 9.84 Å². The fourth-order valence-corrected chi connectivity index (χ4v) is 2.32. The largest absolute Gasteiger partial charge is 0.508 e. The number of esters is 1. The number of aromatic nitrogens is 1. The molecule has 0 amide bonds. The monoisotopic (exact) mass is 380 g/mol. The van der Waals surface area contributed by atoms with Crippen molar-refractivity contribution < 1.29 is 19.5 Å². The third-order valence-electron chi connectivity index (χ3n) is 3.13. The number of anilines is 1. The van der Waals surface area contributed by atoms with E-state index in [0.29, 0.717) is 23.5 Å². The van der Waals surface area contributed by atoms with Crippen LogP contribution in [-0.2, 0) is 16.2 Å². The smallest absolute Gasteiger partial charge is 0.339 e. The van der Waals surface area contributed by atoms with Crippen molar-refractivity contribution in [3.63, 3.8) is 0 Å². The Morgan fingerprint density at radius 2 is 2.13 bits per heavy atom. The van der Waals surface area contributed by atoms with Gasteiger partial charge in [-0.15, -0.1) is 0 Å². The SMILES string of the molecule is CCN(OCc1cc(Br)ccc1O)c1ccc(C(=O)OC)cn1. The molecule has 6 nitrogen and oxygen atoms in total. The zero-order chi connectivity index (χ0) is 16.8. The fraction of sp³-hybridized carbons (Fsp3) is 0.250. The number of phenolic OH excluding ortho intramolecular Hbond substituents is 1. The highest BCUT2D eigenvalue weighted by Crippen LogP contribution is 2.23. The number of ether oxygens (including phenoxy) is 1. The predicted molar refractivity (Wildman–Crippen MR) is 89.2 cm³/mol. The molecule has 7 heteroatoms. The molecule has 0 aliphatic rings. The number of nitrogens with zero attached hydrogens (tertiary/aromatic N) is 2. The first kappa shape index (κ1) is 17.2. The molecule has 0 bridgehead atoms. The summed E-state index contributed by atoms with van der Waals surface area (Å²) in [7, 11) is 1.32. The van der Waals surface area contributed by atoms with Gasteiger partial charge in [-0.1, -0.05) is 15.9 Å². The van der Waals surface area contributed by atoms with E-state index in [-0.39, 0.29) is 12.4 Å². The van der Waals surface area contributed by atoms with Crippen molar-refractivity contribution in [1.82, 2.24) is 4.98 Å². The van der Waals surface area contributed by atoms with E-state index in [9.17, 15) is 9.90 Å². The fourth-order valence-electron chi connectivity index (χ4n) is 1.91. The van der Waals surface area contributed by atoms with Crippen molar-refractivity contribution in [1.29, 1.82) is 0 Å². The molecule has 122 valence electrons. The first-order valence-electron chi connectivity index (χ1n) is 6.97. The number of rotatable bonds is 6. The van der Waals surface area contributed by atoms with Crippen molar-refractivity contribution in [2.75, 3.05) is 18.7 Å². The van der Waals surface area contributed by atoms with E-state index in [2.05, 4.69) is 25.7 Å². The van der Waals surface area contributed by atoms with Crippen LogP contribution in [0.15, 0.2) is 41.0 Å². The molecule has 0 unspecified atom stereocenters. The summed E-state index contributed by atoms with van der Waals surface area (Å²) in [4.78, 5) is 21.3. The van der Waals surface area contributed by atoms with Gasteiger partial charge in [-0.25, -0.2) is 14.8 Å². The topological polar surface area (TPSA) is 71.9 Å². The number of carbonyl (C=O) groups is 1. The van der Waals surface area contributed by atoms with Crippen LogP contribution < -0.4 is 5.06 Å². The second kappa shape index (κ2) is 7.94. The molecule has 0 saturated heterocycles. The molecule has 1 aromatic carbocycles. The molecule has 23 heavy (non-hydrogen) atoms. The van der Waals surface area contributed by atoms with Crippen molar-refractivity contribution in [3.05, 3.63) is 52.1 Å². The Kier molecular flexibility index (Phi) is 5.95. The molecular weight excluding hydrogens is 364 g/mol. The minimum Gasteiger partial charge on any atom is -0.508 e. The van der Waals surface area contributed by atoms with E-state index >= 15 is 0 Å². The van der Waals surface area contributed by atoms with Crippen molar-refractivity contribution >= 4 is 27.7 Å². The molecule has 0 aliphatic heterocycles. The van der Waals surface area contributed by atoms with Crippen molar-refractivity contribution in [2.24, 2.45) is 0 Å². The summed E-state index contributed by atoms with van der Waals surface area (Å²) in [6, 6.07) is 8.44. The number of hydrogen-bond acceptors (Lipinski definition) is 6. The van der Waals surface area contributed by atoms with Crippen LogP contribution in [0.2, 0.25) is 0 Å². The van der Waals surface area contributed by atoms with Crippen LogP contribution in [0.3, 0.4) is 0 Å². The van der Waals surface area contributed by atoms with Crippen LogP contribution in [0.1, 0.15) is 22.8 Å². The first-order chi connectivity index (χ1) is 11.0. The molecule has 1 N–H and O–H groups in total. The lowest BCUT2D eigenvalue weighted by atomic mass is 10.2. The summed E-state index contributed by atoms with van der Waals surface area (Å²) in [5.41, 5.74) is 1.03. The molecule has 1 heterocycles. The van der Waals surface area contributed by atoms with E-state index in [0.717, 1.165) is 4.47 Å². The Labute approximate surface area is 142 Å². The average Bonchev–Trinajstić information content (AvgIpc) is 2.58. The van der Waals surface area contributed by atoms with Crippen LogP contribution in [0, 0.1) is 0 Å². The Hall–Kier alpha value is -2.12. The van der Waals surface area contributed by atoms with Gasteiger partial charge in [0.15, 0.2) is 5.82 Å². The number of carbonyl (C=O) groups excluding carboxylic acids is 1. The van der Waals surface area contributed by atoms with Gasteiger partial charge in [-0.3, -0.25) is 4.84 Å². The molecule has 0 atom stereocenters. The maximum absolute atomic E-state index is 11.4. The Morgan fingerprint density at radius 1 is 1.35 bits per heavy atom. The standard InChI is InChI=1S/C16H17BrN2O4/c1-3-19(15-7-4-11(9-18-15)16(21)22-2)23-10-12-8-13(17)5-6-14(12)20/h4-9,20H,3,10H2,1-2H3. The van der Waals surface area contributed by atoms with E-state index < -0.39 is 5.97 Å². The van der Waals surface area contributed by atoms with Gasteiger partial charge in [0.2, 0.25) is 0 Å². The number of phenols is 1. The number of halogens is 1. The molecule has 0 fully saturated rings. The highest BCUT2D eigenvalue weighted by Gasteiger charge is 2.11. The van der Waals surface area contributed by atoms with E-state index in [1.54, 1.807) is 35.4 Å². The highest BCUT2D eigenvalue weighted by atomic mass is 79.9. The maximum Gasteiger partial charge on any atom is 0.339 e. The van der Waals surface area contributed by atoms with E-state index in [1.165, 1.54) is 13.3 Å². The number of hydrogen-bond donors (Lipinski definition) is 1. The van der Waals surface area contributed by atoms with E-state index in [4.69, 9.17) is 4.84 Å². The van der Waals surface area contributed by atoms with Gasteiger partial charge in [-0.05, 0) is 37.3 Å². The number of hydroxylamine groups is 1. The molecule has 2 aromatic rings. The van der Waals surface area contributed by atoms with Gasteiger partial charge >= 0.3 is 5.97 Å². The summed E-state index contributed by atoms with van der Waals surface area (Å²) < 4.78 is 5.50. The van der Waals surface area contributed by atoms with Gasteiger partial charge in [-0.2, -0.15) is 0 Å². The highest BCUT2D eigenvalue weighted by molar-refractivity contribution is 9.10. The zero-order valence-corrected chi connectivity index (χ0v) is 14.4. The Balaban J connectivity index is 2.07. The molecule has 0 spiro atoms. The third-order valence-corrected chi connectivity index (χ3v) is 3.62. The van der Waals surface area contributed by atoms with Gasteiger partial charge in [0.1, 0.15) is 12.4 Å². The molecule has 1 aromatic heterocycles. The number of aromatic hydroxyl groups is 1. The van der Waals surface area contributed by atoms with Crippen LogP contribution in [-0.4, -0.2) is 29.7 Å². The lowest BCUT2D eigenvalue weighted by Gasteiger charge is -2.21. The van der Waals surface area contributed by atoms with E-state index in [1.807, 2.05) is 6.92 Å². The van der Waals surface area contributed by atoms with Crippen LogP contribution >= 0.6 is 15.9 Å². The number of benzene rings is 1. The van der Waals surface area contributed by atoms with Crippen molar-refractivity contribution in [3.8, 4) is 5.75 Å². The molecule has 2 rings (SSSR count). The third kappa shape index (κ3) is 4.43. The second-order valence-corrected chi connectivity index (χ2v) is 5.55. The lowest BCUT2D eigenvalue weighted by molar-refractivity contribution is 0.0600. The average molecular weight is 381 g/mol. The Bertz CT molecular complexity index is 676. The Morgan fingerprint density at radius 3 is 2.74 bits per heavy atom. The predicted octanol–water partition coefficient (Wildman–Crippen LogP) is 3.29. The van der Waals surface area contributed by atoms with Gasteiger partial charge in [0, 0.05) is 22.8 Å². The quantitative estimate of drug-likeness (QED) is 0.612. The van der Waals surface area contributed by atoms with Crippen LogP contribution in [0.4, 0.5) is 5.82 Å². The summed E-state index contributed by atoms with van der Waals surface area (Å²) in [6.45, 7) is 2.66. The molecule has 0 saturated carbocycles. The molecular formula is C16H17BrN2O4. The summed E-state index contributed by atoms with van der Waals surface area (Å²) in [5.74, 6) is 0.292.